The van der Waals surface area contributed by atoms with Crippen molar-refractivity contribution in [2.45, 2.75) is 38.9 Å². The Morgan fingerprint density at radius 3 is 2.40 bits per heavy atom. The minimum absolute atomic E-state index is 0.292. The van der Waals surface area contributed by atoms with Crippen molar-refractivity contribution in [3.8, 4) is 0 Å². The van der Waals surface area contributed by atoms with Crippen molar-refractivity contribution in [3.63, 3.8) is 0 Å². The summed E-state index contributed by atoms with van der Waals surface area (Å²) in [5.41, 5.74) is 0. The third-order valence-corrected chi connectivity index (χ3v) is 3.51. The smallest absolute Gasteiger partial charge is 0.171 e. The zero-order chi connectivity index (χ0) is 11.6. The largest absolute Gasteiger partial charge is 0.390 e. The van der Waals surface area contributed by atoms with Crippen molar-refractivity contribution in [1.29, 1.82) is 0 Å². The summed E-state index contributed by atoms with van der Waals surface area (Å²) >= 11 is 0. The van der Waals surface area contributed by atoms with Crippen LogP contribution < -0.4 is 0 Å². The summed E-state index contributed by atoms with van der Waals surface area (Å²) in [6, 6.07) is 0. The molecule has 0 saturated heterocycles. The van der Waals surface area contributed by atoms with Crippen LogP contribution in [0.2, 0.25) is 0 Å². The molecule has 0 aliphatic heterocycles. The van der Waals surface area contributed by atoms with E-state index in [1.807, 2.05) is 0 Å². The van der Waals surface area contributed by atoms with Gasteiger partial charge >= 0.3 is 0 Å². The van der Waals surface area contributed by atoms with Gasteiger partial charge in [-0.15, -0.1) is 0 Å². The first-order valence-corrected chi connectivity index (χ1v) is 7.33. The van der Waals surface area contributed by atoms with Gasteiger partial charge in [0.2, 0.25) is 0 Å². The number of hydrogen-bond donors (Lipinski definition) is 1. The standard InChI is InChI=1S/C10H20O4S/c1-7(2)8-4-9(11)10(5-8)14-6-15(3,12)13/h7-11H,4-6H2,1-3H3. The molecule has 1 rings (SSSR count). The third-order valence-electron chi connectivity index (χ3n) is 2.95. The van der Waals surface area contributed by atoms with E-state index in [4.69, 9.17) is 4.74 Å². The van der Waals surface area contributed by atoms with E-state index in [0.29, 0.717) is 18.3 Å². The van der Waals surface area contributed by atoms with E-state index in [0.717, 1.165) is 12.7 Å². The fraction of sp³-hybridized carbons (Fsp3) is 1.00. The lowest BCUT2D eigenvalue weighted by Gasteiger charge is -2.15. The van der Waals surface area contributed by atoms with Crippen LogP contribution in [0.3, 0.4) is 0 Å². The Labute approximate surface area is 91.6 Å². The third kappa shape index (κ3) is 4.09. The van der Waals surface area contributed by atoms with Crippen molar-refractivity contribution in [1.82, 2.24) is 0 Å². The summed E-state index contributed by atoms with van der Waals surface area (Å²) in [5.74, 6) is 0.649. The van der Waals surface area contributed by atoms with Crippen molar-refractivity contribution >= 4 is 9.84 Å². The first-order chi connectivity index (χ1) is 6.79. The summed E-state index contributed by atoms with van der Waals surface area (Å²) < 4.78 is 27.0. The second kappa shape index (κ2) is 4.80. The second-order valence-corrected chi connectivity index (χ2v) is 6.88. The number of aliphatic hydroxyl groups is 1. The molecule has 1 aliphatic carbocycles. The summed E-state index contributed by atoms with van der Waals surface area (Å²) in [6.07, 6.45) is 1.78. The molecule has 1 fully saturated rings. The van der Waals surface area contributed by atoms with Crippen LogP contribution in [0, 0.1) is 11.8 Å². The first-order valence-electron chi connectivity index (χ1n) is 5.27. The van der Waals surface area contributed by atoms with E-state index >= 15 is 0 Å². The normalized spacial score (nSPS) is 32.5. The van der Waals surface area contributed by atoms with Crippen LogP contribution in [-0.2, 0) is 14.6 Å². The topological polar surface area (TPSA) is 63.6 Å². The van der Waals surface area contributed by atoms with Gasteiger partial charge in [-0.25, -0.2) is 8.42 Å². The van der Waals surface area contributed by atoms with Gasteiger partial charge in [-0.1, -0.05) is 13.8 Å². The number of rotatable bonds is 4. The molecule has 0 bridgehead atoms. The van der Waals surface area contributed by atoms with Crippen LogP contribution in [0.15, 0.2) is 0 Å². The van der Waals surface area contributed by atoms with Gasteiger partial charge in [0.1, 0.15) is 5.94 Å². The molecule has 15 heavy (non-hydrogen) atoms. The maximum absolute atomic E-state index is 10.9. The molecule has 5 heteroatoms. The number of sulfone groups is 1. The van der Waals surface area contributed by atoms with Crippen LogP contribution in [0.1, 0.15) is 26.7 Å². The molecule has 1 aliphatic rings. The summed E-state index contributed by atoms with van der Waals surface area (Å²) in [5, 5.41) is 9.69. The molecule has 0 aromatic heterocycles. The molecular weight excluding hydrogens is 216 g/mol. The molecule has 0 spiro atoms. The maximum Gasteiger partial charge on any atom is 0.171 e. The Bertz CT molecular complexity index is 297. The Kier molecular flexibility index (Phi) is 4.14. The van der Waals surface area contributed by atoms with Crippen LogP contribution in [-0.4, -0.2) is 37.9 Å². The monoisotopic (exact) mass is 236 g/mol. The summed E-state index contributed by atoms with van der Waals surface area (Å²) in [4.78, 5) is 0. The molecule has 4 nitrogen and oxygen atoms in total. The number of ether oxygens (including phenoxy) is 1. The van der Waals surface area contributed by atoms with Gasteiger partial charge in [0.15, 0.2) is 9.84 Å². The number of hydrogen-bond acceptors (Lipinski definition) is 4. The predicted octanol–water partition coefficient (Wildman–Crippen LogP) is 0.801. The van der Waals surface area contributed by atoms with E-state index in [1.165, 1.54) is 0 Å². The highest BCUT2D eigenvalue weighted by Crippen LogP contribution is 2.33. The molecule has 0 aromatic carbocycles. The lowest BCUT2D eigenvalue weighted by atomic mass is 9.94. The summed E-state index contributed by atoms with van der Waals surface area (Å²) in [7, 11) is -3.11. The average Bonchev–Trinajstić information content (AvgIpc) is 2.42. The van der Waals surface area contributed by atoms with Gasteiger partial charge < -0.3 is 9.84 Å². The number of aliphatic hydroxyl groups excluding tert-OH is 1. The van der Waals surface area contributed by atoms with Crippen LogP contribution in [0.4, 0.5) is 0 Å². The second-order valence-electron chi connectivity index (χ2n) is 4.79. The van der Waals surface area contributed by atoms with Crippen LogP contribution in [0.25, 0.3) is 0 Å². The molecule has 90 valence electrons. The zero-order valence-electron chi connectivity index (χ0n) is 9.51. The van der Waals surface area contributed by atoms with Gasteiger partial charge in [0.25, 0.3) is 0 Å². The Morgan fingerprint density at radius 2 is 2.00 bits per heavy atom. The molecule has 0 radical (unpaired) electrons. The SMILES string of the molecule is CC(C)C1CC(O)C(OCS(C)(=O)=O)C1. The van der Waals surface area contributed by atoms with Crippen LogP contribution in [0.5, 0.6) is 0 Å². The highest BCUT2D eigenvalue weighted by Gasteiger charge is 2.35. The molecule has 0 amide bonds. The molecular formula is C10H20O4S. The van der Waals surface area contributed by atoms with Gasteiger partial charge in [0.05, 0.1) is 12.2 Å². The van der Waals surface area contributed by atoms with Crippen molar-refractivity contribution in [2.75, 3.05) is 12.2 Å². The first kappa shape index (κ1) is 12.9. The van der Waals surface area contributed by atoms with Crippen molar-refractivity contribution < 1.29 is 18.3 Å². The Hall–Kier alpha value is -0.130. The molecule has 1 saturated carbocycles. The van der Waals surface area contributed by atoms with Crippen LogP contribution >= 0.6 is 0 Å². The minimum atomic E-state index is -3.11. The van der Waals surface area contributed by atoms with Gasteiger partial charge in [-0.3, -0.25) is 0 Å². The van der Waals surface area contributed by atoms with E-state index in [2.05, 4.69) is 13.8 Å². The van der Waals surface area contributed by atoms with Crippen molar-refractivity contribution in [3.05, 3.63) is 0 Å². The van der Waals surface area contributed by atoms with E-state index in [-0.39, 0.29) is 12.0 Å². The average molecular weight is 236 g/mol. The van der Waals surface area contributed by atoms with Crippen molar-refractivity contribution in [2.24, 2.45) is 11.8 Å². The Morgan fingerprint density at radius 1 is 1.40 bits per heavy atom. The maximum atomic E-state index is 10.9. The predicted molar refractivity (Wildman–Crippen MR) is 58.2 cm³/mol. The fourth-order valence-electron chi connectivity index (χ4n) is 1.95. The molecule has 0 aromatic rings. The quantitative estimate of drug-likeness (QED) is 0.784. The molecule has 3 unspecified atom stereocenters. The highest BCUT2D eigenvalue weighted by atomic mass is 32.2. The Balaban J connectivity index is 2.44. The van der Waals surface area contributed by atoms with E-state index in [9.17, 15) is 13.5 Å². The minimum Gasteiger partial charge on any atom is -0.390 e. The lowest BCUT2D eigenvalue weighted by molar-refractivity contribution is 0.000790. The molecule has 1 N–H and O–H groups in total. The summed E-state index contributed by atoms with van der Waals surface area (Å²) in [6.45, 7) is 4.21. The lowest BCUT2D eigenvalue weighted by Crippen LogP contribution is -2.25. The van der Waals surface area contributed by atoms with Gasteiger partial charge in [-0.05, 0) is 24.7 Å². The van der Waals surface area contributed by atoms with Gasteiger partial charge in [-0.2, -0.15) is 0 Å². The fourth-order valence-corrected chi connectivity index (χ4v) is 2.37. The van der Waals surface area contributed by atoms with E-state index in [1.54, 1.807) is 0 Å². The zero-order valence-corrected chi connectivity index (χ0v) is 10.3. The molecule has 3 atom stereocenters. The molecule has 0 heterocycles. The highest BCUT2D eigenvalue weighted by molar-refractivity contribution is 7.90. The van der Waals surface area contributed by atoms with E-state index < -0.39 is 15.9 Å². The van der Waals surface area contributed by atoms with Gasteiger partial charge in [0, 0.05) is 6.26 Å².